The van der Waals surface area contributed by atoms with Crippen molar-refractivity contribution in [2.45, 2.75) is 25.6 Å². The van der Waals surface area contributed by atoms with Crippen molar-refractivity contribution in [3.63, 3.8) is 0 Å². The molecule has 1 heterocycles. The lowest BCUT2D eigenvalue weighted by molar-refractivity contribution is -0.165. The summed E-state index contributed by atoms with van der Waals surface area (Å²) in [6, 6.07) is 5.35. The summed E-state index contributed by atoms with van der Waals surface area (Å²) in [5.41, 5.74) is 0.423. The summed E-state index contributed by atoms with van der Waals surface area (Å²) in [4.78, 5) is 11.7. The van der Waals surface area contributed by atoms with E-state index in [9.17, 15) is 4.79 Å². The normalized spacial score (nSPS) is 18.3. The Balaban J connectivity index is 1.84. The van der Waals surface area contributed by atoms with Gasteiger partial charge in [0.25, 0.3) is 0 Å². The molecule has 1 unspecified atom stereocenters. The summed E-state index contributed by atoms with van der Waals surface area (Å²) in [6.45, 7) is 1.55. The van der Waals surface area contributed by atoms with E-state index in [4.69, 9.17) is 18.9 Å². The summed E-state index contributed by atoms with van der Waals surface area (Å²) in [5.74, 6) is 0.111. The molecule has 2 rings (SSSR count). The van der Waals surface area contributed by atoms with Gasteiger partial charge in [0.2, 0.25) is 0 Å². The van der Waals surface area contributed by atoms with Crippen molar-refractivity contribution in [2.75, 3.05) is 26.9 Å². The van der Waals surface area contributed by atoms with E-state index in [1.54, 1.807) is 6.07 Å². The number of halogens is 1. The van der Waals surface area contributed by atoms with Crippen molar-refractivity contribution < 1.29 is 23.7 Å². The lowest BCUT2D eigenvalue weighted by Crippen LogP contribution is -2.24. The Morgan fingerprint density at radius 3 is 2.95 bits per heavy atom. The topological polar surface area (TPSA) is 54.0 Å². The van der Waals surface area contributed by atoms with Gasteiger partial charge >= 0.3 is 5.97 Å². The van der Waals surface area contributed by atoms with Gasteiger partial charge in [0.15, 0.2) is 6.29 Å². The molecule has 6 heteroatoms. The van der Waals surface area contributed by atoms with Gasteiger partial charge in [-0.25, -0.2) is 4.79 Å². The van der Waals surface area contributed by atoms with Gasteiger partial charge in [-0.15, -0.1) is 0 Å². The predicted molar refractivity (Wildman–Crippen MR) is 85.5 cm³/mol. The molecule has 21 heavy (non-hydrogen) atoms. The monoisotopic (exact) mass is 406 g/mol. The average molecular weight is 406 g/mol. The van der Waals surface area contributed by atoms with E-state index in [0.29, 0.717) is 24.5 Å². The van der Waals surface area contributed by atoms with E-state index in [-0.39, 0.29) is 6.29 Å². The molecule has 1 atom stereocenters. The van der Waals surface area contributed by atoms with Gasteiger partial charge in [0, 0.05) is 10.2 Å². The van der Waals surface area contributed by atoms with Gasteiger partial charge in [-0.05, 0) is 60.1 Å². The summed E-state index contributed by atoms with van der Waals surface area (Å²) in [7, 11) is 1.35. The predicted octanol–water partition coefficient (Wildman–Crippen LogP) is 3.00. The molecule has 1 aromatic rings. The first-order chi connectivity index (χ1) is 10.2. The molecule has 116 valence electrons. The molecule has 0 spiro atoms. The van der Waals surface area contributed by atoms with Crippen LogP contribution < -0.4 is 4.74 Å². The van der Waals surface area contributed by atoms with Crippen molar-refractivity contribution >= 4 is 28.6 Å². The van der Waals surface area contributed by atoms with Gasteiger partial charge in [-0.3, -0.25) is 0 Å². The number of esters is 1. The number of hydrogen-bond donors (Lipinski definition) is 0. The van der Waals surface area contributed by atoms with E-state index in [1.165, 1.54) is 7.11 Å². The molecule has 0 bridgehead atoms. The minimum atomic E-state index is -0.405. The fraction of sp³-hybridized carbons (Fsp3) is 0.533. The third-order valence-corrected chi connectivity index (χ3v) is 3.80. The maximum atomic E-state index is 11.7. The zero-order valence-electron chi connectivity index (χ0n) is 12.0. The van der Waals surface area contributed by atoms with Crippen LogP contribution in [0.5, 0.6) is 5.75 Å². The smallest absolute Gasteiger partial charge is 0.341 e. The first kappa shape index (κ1) is 16.5. The average Bonchev–Trinajstić information content (AvgIpc) is 2.52. The molecule has 1 fully saturated rings. The highest BCUT2D eigenvalue weighted by Gasteiger charge is 2.15. The first-order valence-corrected chi connectivity index (χ1v) is 8.02. The molecule has 0 aliphatic carbocycles. The standard InChI is InChI=1S/C15H19IO5/c1-18-15(17)12-6-5-11(16)10-13(12)19-8-9-21-14-4-2-3-7-20-14/h5-6,10,14H,2-4,7-9H2,1H3. The van der Waals surface area contributed by atoms with Crippen molar-refractivity contribution in [3.05, 3.63) is 27.3 Å². The van der Waals surface area contributed by atoms with Crippen LogP contribution in [0.25, 0.3) is 0 Å². The second-order valence-corrected chi connectivity index (χ2v) is 5.89. The largest absolute Gasteiger partial charge is 0.490 e. The van der Waals surface area contributed by atoms with Crippen LogP contribution in [0, 0.1) is 3.57 Å². The Bertz CT molecular complexity index is 471. The Hall–Kier alpha value is -0.860. The van der Waals surface area contributed by atoms with Gasteiger partial charge in [0.1, 0.15) is 17.9 Å². The second-order valence-electron chi connectivity index (χ2n) is 4.65. The van der Waals surface area contributed by atoms with E-state index in [2.05, 4.69) is 22.6 Å². The zero-order chi connectivity index (χ0) is 15.1. The number of carbonyl (C=O) groups excluding carboxylic acids is 1. The maximum Gasteiger partial charge on any atom is 0.341 e. The van der Waals surface area contributed by atoms with Crippen LogP contribution in [-0.2, 0) is 14.2 Å². The third kappa shape index (κ3) is 5.12. The summed E-state index contributed by atoms with van der Waals surface area (Å²) in [6.07, 6.45) is 3.03. The van der Waals surface area contributed by atoms with Gasteiger partial charge in [-0.2, -0.15) is 0 Å². The van der Waals surface area contributed by atoms with E-state index < -0.39 is 5.97 Å². The molecule has 0 aromatic heterocycles. The van der Waals surface area contributed by atoms with Crippen LogP contribution in [-0.4, -0.2) is 39.2 Å². The van der Waals surface area contributed by atoms with Crippen molar-refractivity contribution in [2.24, 2.45) is 0 Å². The molecule has 0 radical (unpaired) electrons. The van der Waals surface area contributed by atoms with Gasteiger partial charge < -0.3 is 18.9 Å². The van der Waals surface area contributed by atoms with Crippen LogP contribution in [0.3, 0.4) is 0 Å². The number of methoxy groups -OCH3 is 1. The number of ether oxygens (including phenoxy) is 4. The Morgan fingerprint density at radius 2 is 2.24 bits per heavy atom. The lowest BCUT2D eigenvalue weighted by atomic mass is 10.2. The SMILES string of the molecule is COC(=O)c1ccc(I)cc1OCCOC1CCCCO1. The summed E-state index contributed by atoms with van der Waals surface area (Å²) >= 11 is 2.17. The molecule has 0 amide bonds. The fourth-order valence-corrected chi connectivity index (χ4v) is 2.53. The molecule has 5 nitrogen and oxygen atoms in total. The van der Waals surface area contributed by atoms with Crippen molar-refractivity contribution in [1.82, 2.24) is 0 Å². The maximum absolute atomic E-state index is 11.7. The quantitative estimate of drug-likeness (QED) is 0.413. The minimum Gasteiger partial charge on any atom is -0.490 e. The Morgan fingerprint density at radius 1 is 1.38 bits per heavy atom. The highest BCUT2D eigenvalue weighted by Crippen LogP contribution is 2.22. The van der Waals surface area contributed by atoms with Crippen LogP contribution >= 0.6 is 22.6 Å². The van der Waals surface area contributed by atoms with Crippen molar-refractivity contribution in [1.29, 1.82) is 0 Å². The molecular formula is C15H19IO5. The molecule has 1 aliphatic rings. The lowest BCUT2D eigenvalue weighted by Gasteiger charge is -2.22. The summed E-state index contributed by atoms with van der Waals surface area (Å²) in [5, 5.41) is 0. The van der Waals surface area contributed by atoms with Gasteiger partial charge in [0.05, 0.1) is 13.7 Å². The van der Waals surface area contributed by atoms with E-state index in [0.717, 1.165) is 29.4 Å². The highest BCUT2D eigenvalue weighted by molar-refractivity contribution is 14.1. The molecule has 0 saturated carbocycles. The molecule has 1 aromatic carbocycles. The van der Waals surface area contributed by atoms with Crippen LogP contribution in [0.1, 0.15) is 29.6 Å². The number of hydrogen-bond acceptors (Lipinski definition) is 5. The van der Waals surface area contributed by atoms with Crippen LogP contribution in [0.15, 0.2) is 18.2 Å². The van der Waals surface area contributed by atoms with E-state index in [1.807, 2.05) is 12.1 Å². The number of benzene rings is 1. The van der Waals surface area contributed by atoms with Crippen LogP contribution in [0.4, 0.5) is 0 Å². The molecular weight excluding hydrogens is 387 g/mol. The fourth-order valence-electron chi connectivity index (χ4n) is 2.07. The van der Waals surface area contributed by atoms with E-state index >= 15 is 0 Å². The minimum absolute atomic E-state index is 0.127. The third-order valence-electron chi connectivity index (χ3n) is 3.13. The van der Waals surface area contributed by atoms with Crippen LogP contribution in [0.2, 0.25) is 0 Å². The zero-order valence-corrected chi connectivity index (χ0v) is 14.1. The van der Waals surface area contributed by atoms with Gasteiger partial charge in [-0.1, -0.05) is 0 Å². The summed E-state index contributed by atoms with van der Waals surface area (Å²) < 4.78 is 22.5. The second kappa shape index (κ2) is 8.55. The Kier molecular flexibility index (Phi) is 6.72. The molecule has 1 aliphatic heterocycles. The first-order valence-electron chi connectivity index (χ1n) is 6.94. The molecule has 1 saturated heterocycles. The van der Waals surface area contributed by atoms with Crippen molar-refractivity contribution in [3.8, 4) is 5.75 Å². The molecule has 0 N–H and O–H groups in total. The Labute approximate surface area is 138 Å². The number of rotatable bonds is 6. The number of carbonyl (C=O) groups is 1. The highest BCUT2D eigenvalue weighted by atomic mass is 127.